The van der Waals surface area contributed by atoms with Crippen molar-refractivity contribution in [3.05, 3.63) is 54.1 Å². The molecule has 4 atom stereocenters. The molecule has 0 aliphatic carbocycles. The molecular weight excluding hydrogens is 520 g/mol. The molecule has 14 nitrogen and oxygen atoms in total. The third-order valence-electron chi connectivity index (χ3n) is 6.12. The van der Waals surface area contributed by atoms with Gasteiger partial charge in [-0.2, -0.15) is 0 Å². The average molecular weight is 559 g/mol. The number of nitrogens with two attached hydrogens (primary N) is 3. The first-order valence-corrected chi connectivity index (χ1v) is 13.0. The number of rotatable bonds is 18. The number of H-pyrrole nitrogens is 1. The Morgan fingerprint density at radius 2 is 1.52 bits per heavy atom. The maximum Gasteiger partial charge on any atom is 0.326 e. The molecular formula is C26H38N8O6. The Morgan fingerprint density at radius 3 is 2.12 bits per heavy atom. The number of nitrogens with zero attached hydrogens (tertiary/aromatic N) is 1. The maximum atomic E-state index is 13.4. The van der Waals surface area contributed by atoms with Crippen LogP contribution in [0.1, 0.15) is 43.4 Å². The molecule has 40 heavy (non-hydrogen) atoms. The molecule has 1 aromatic heterocycles. The number of aliphatic carboxylic acids is 1. The van der Waals surface area contributed by atoms with Gasteiger partial charge in [0.15, 0.2) is 0 Å². The van der Waals surface area contributed by atoms with Crippen LogP contribution in [0, 0.1) is 0 Å². The van der Waals surface area contributed by atoms with Gasteiger partial charge in [0.2, 0.25) is 23.6 Å². The van der Waals surface area contributed by atoms with E-state index in [1.54, 1.807) is 36.5 Å². The van der Waals surface area contributed by atoms with E-state index < -0.39 is 53.8 Å². The molecule has 0 radical (unpaired) electrons. The molecule has 1 aromatic carbocycles. The van der Waals surface area contributed by atoms with Gasteiger partial charge in [0.05, 0.1) is 12.4 Å². The van der Waals surface area contributed by atoms with Crippen molar-refractivity contribution < 1.29 is 29.1 Å². The second-order valence-electron chi connectivity index (χ2n) is 9.39. The molecule has 2 rings (SSSR count). The molecule has 0 fully saturated rings. The summed E-state index contributed by atoms with van der Waals surface area (Å²) >= 11 is 0. The molecule has 0 aliphatic rings. The number of carbonyl (C=O) groups excluding carboxylic acids is 4. The van der Waals surface area contributed by atoms with Crippen LogP contribution >= 0.6 is 0 Å². The first-order valence-electron chi connectivity index (χ1n) is 13.0. The van der Waals surface area contributed by atoms with Crippen LogP contribution in [0.2, 0.25) is 0 Å². The zero-order valence-electron chi connectivity index (χ0n) is 22.2. The summed E-state index contributed by atoms with van der Waals surface area (Å²) in [5.74, 6) is -4.03. The Balaban J connectivity index is 2.19. The van der Waals surface area contributed by atoms with Crippen molar-refractivity contribution in [1.29, 1.82) is 0 Å². The number of hydrogen-bond acceptors (Lipinski definition) is 8. The summed E-state index contributed by atoms with van der Waals surface area (Å²) < 4.78 is 0. The third-order valence-corrected chi connectivity index (χ3v) is 6.12. The molecule has 0 saturated carbocycles. The normalized spacial score (nSPS) is 13.8. The number of imidazole rings is 1. The molecule has 0 spiro atoms. The van der Waals surface area contributed by atoms with Crippen molar-refractivity contribution in [1.82, 2.24) is 25.9 Å². The van der Waals surface area contributed by atoms with Crippen molar-refractivity contribution in [3.8, 4) is 0 Å². The van der Waals surface area contributed by atoms with Gasteiger partial charge in [-0.15, -0.1) is 0 Å². The van der Waals surface area contributed by atoms with Crippen LogP contribution < -0.4 is 33.2 Å². The minimum atomic E-state index is -1.39. The maximum absolute atomic E-state index is 13.4. The van der Waals surface area contributed by atoms with Crippen molar-refractivity contribution >= 4 is 29.6 Å². The number of aromatic nitrogens is 2. The summed E-state index contributed by atoms with van der Waals surface area (Å²) in [6.45, 7) is 0.391. The monoisotopic (exact) mass is 558 g/mol. The molecule has 11 N–H and O–H groups in total. The fraction of sp³-hybridized carbons (Fsp3) is 0.462. The Morgan fingerprint density at radius 1 is 0.875 bits per heavy atom. The van der Waals surface area contributed by atoms with Crippen molar-refractivity contribution in [2.75, 3.05) is 6.54 Å². The summed E-state index contributed by atoms with van der Waals surface area (Å²) in [4.78, 5) is 69.0. The van der Waals surface area contributed by atoms with Gasteiger partial charge in [0.25, 0.3) is 0 Å². The highest BCUT2D eigenvalue weighted by atomic mass is 16.4. The molecule has 0 bridgehead atoms. The Bertz CT molecular complexity index is 1110. The van der Waals surface area contributed by atoms with E-state index in [2.05, 4.69) is 25.9 Å². The van der Waals surface area contributed by atoms with E-state index >= 15 is 0 Å². The smallest absolute Gasteiger partial charge is 0.326 e. The minimum Gasteiger partial charge on any atom is -0.480 e. The predicted octanol–water partition coefficient (Wildman–Crippen LogP) is -1.54. The SMILES string of the molecule is NCCCCC(NC(=O)C(N)Cc1cnc[nH]1)C(=O)NC(Cc1ccccc1)C(=O)NC(CCC(N)=O)C(=O)O. The van der Waals surface area contributed by atoms with Gasteiger partial charge in [0, 0.05) is 31.2 Å². The highest BCUT2D eigenvalue weighted by Gasteiger charge is 2.30. The lowest BCUT2D eigenvalue weighted by Gasteiger charge is -2.25. The van der Waals surface area contributed by atoms with E-state index in [1.807, 2.05) is 0 Å². The van der Waals surface area contributed by atoms with E-state index in [1.165, 1.54) is 6.33 Å². The zero-order chi connectivity index (χ0) is 29.5. The van der Waals surface area contributed by atoms with Gasteiger partial charge < -0.3 is 43.2 Å². The third kappa shape index (κ3) is 11.2. The van der Waals surface area contributed by atoms with Gasteiger partial charge in [0.1, 0.15) is 18.1 Å². The number of carboxylic acids is 1. The van der Waals surface area contributed by atoms with Crippen LogP contribution in [0.25, 0.3) is 0 Å². The number of amides is 4. The number of hydrogen-bond donors (Lipinski definition) is 8. The standard InChI is InChI=1S/C26H38N8O6/c27-11-5-4-8-19(32-23(36)18(28)13-17-14-30-15-31-17)24(37)34-21(12-16-6-2-1-3-7-16)25(38)33-20(26(39)40)9-10-22(29)35/h1-3,6-7,14-15,18-21H,4-5,8-13,27-28H2,(H2,29,35)(H,30,31)(H,32,36)(H,33,38)(H,34,37)(H,39,40). The minimum absolute atomic E-state index is 0.0450. The summed E-state index contributed by atoms with van der Waals surface area (Å²) in [7, 11) is 0. The molecule has 218 valence electrons. The van der Waals surface area contributed by atoms with Crippen molar-refractivity contribution in [3.63, 3.8) is 0 Å². The van der Waals surface area contributed by atoms with Gasteiger partial charge in [-0.05, 0) is 37.8 Å². The lowest BCUT2D eigenvalue weighted by Crippen LogP contribution is -2.57. The van der Waals surface area contributed by atoms with E-state index in [-0.39, 0.29) is 32.1 Å². The second-order valence-corrected chi connectivity index (χ2v) is 9.39. The average Bonchev–Trinajstić information content (AvgIpc) is 3.43. The highest BCUT2D eigenvalue weighted by Crippen LogP contribution is 2.08. The quantitative estimate of drug-likeness (QED) is 0.0985. The van der Waals surface area contributed by atoms with Gasteiger partial charge in [-0.25, -0.2) is 9.78 Å². The summed E-state index contributed by atoms with van der Waals surface area (Å²) in [5, 5.41) is 17.2. The fourth-order valence-electron chi connectivity index (χ4n) is 3.91. The Labute approximate surface area is 231 Å². The zero-order valence-corrected chi connectivity index (χ0v) is 22.2. The second kappa shape index (κ2) is 16.6. The van der Waals surface area contributed by atoms with Crippen molar-refractivity contribution in [2.24, 2.45) is 17.2 Å². The molecule has 1 heterocycles. The first kappa shape index (κ1) is 31.9. The lowest BCUT2D eigenvalue weighted by molar-refractivity contribution is -0.142. The molecule has 4 amide bonds. The lowest BCUT2D eigenvalue weighted by atomic mass is 10.0. The highest BCUT2D eigenvalue weighted by molar-refractivity contribution is 5.94. The largest absolute Gasteiger partial charge is 0.480 e. The van der Waals surface area contributed by atoms with Crippen LogP contribution in [-0.2, 0) is 36.8 Å². The topological polar surface area (TPSA) is 248 Å². The molecule has 0 aliphatic heterocycles. The molecule has 14 heteroatoms. The van der Waals surface area contributed by atoms with Crippen LogP contribution in [0.4, 0.5) is 0 Å². The first-order chi connectivity index (χ1) is 19.1. The van der Waals surface area contributed by atoms with E-state index in [4.69, 9.17) is 17.2 Å². The summed E-state index contributed by atoms with van der Waals surface area (Å²) in [5.41, 5.74) is 18.1. The van der Waals surface area contributed by atoms with Crippen LogP contribution in [0.3, 0.4) is 0 Å². The van der Waals surface area contributed by atoms with Gasteiger partial charge in [-0.1, -0.05) is 30.3 Å². The van der Waals surface area contributed by atoms with Crippen molar-refractivity contribution in [2.45, 2.75) is 69.1 Å². The number of benzene rings is 1. The van der Waals surface area contributed by atoms with Gasteiger partial charge >= 0.3 is 5.97 Å². The van der Waals surface area contributed by atoms with E-state index in [9.17, 15) is 29.1 Å². The number of primary amides is 1. The number of carbonyl (C=O) groups is 5. The van der Waals surface area contributed by atoms with E-state index in [0.717, 1.165) is 0 Å². The van der Waals surface area contributed by atoms with Gasteiger partial charge in [-0.3, -0.25) is 19.2 Å². The van der Waals surface area contributed by atoms with Crippen LogP contribution in [-0.4, -0.2) is 75.4 Å². The summed E-state index contributed by atoms with van der Waals surface area (Å²) in [6.07, 6.45) is 4.12. The number of aromatic amines is 1. The molecule has 2 aromatic rings. The molecule has 0 saturated heterocycles. The van der Waals surface area contributed by atoms with Crippen LogP contribution in [0.15, 0.2) is 42.9 Å². The van der Waals surface area contributed by atoms with E-state index in [0.29, 0.717) is 30.6 Å². The van der Waals surface area contributed by atoms with Crippen LogP contribution in [0.5, 0.6) is 0 Å². The number of nitrogens with one attached hydrogen (secondary N) is 4. The Hall–Kier alpha value is -4.30. The predicted molar refractivity (Wildman–Crippen MR) is 145 cm³/mol. The Kier molecular flexibility index (Phi) is 13.3. The fourth-order valence-corrected chi connectivity index (χ4v) is 3.91. The summed E-state index contributed by atoms with van der Waals surface area (Å²) in [6, 6.07) is 4.25. The number of unbranched alkanes of at least 4 members (excludes halogenated alkanes) is 1. The number of carboxylic acid groups (broad SMARTS) is 1. The molecule has 4 unspecified atom stereocenters.